The van der Waals surface area contributed by atoms with Gasteiger partial charge in [-0.15, -0.1) is 23.5 Å². The summed E-state index contributed by atoms with van der Waals surface area (Å²) < 4.78 is 6.15. The van der Waals surface area contributed by atoms with Crippen LogP contribution in [0.15, 0.2) is 9.81 Å². The lowest BCUT2D eigenvalue weighted by atomic mass is 10.1. The van der Waals surface area contributed by atoms with Crippen LogP contribution in [-0.4, -0.2) is 25.1 Å². The van der Waals surface area contributed by atoms with Gasteiger partial charge in [-0.2, -0.15) is 0 Å². The van der Waals surface area contributed by atoms with Crippen LogP contribution in [0, 0.1) is 0 Å². The van der Waals surface area contributed by atoms with Gasteiger partial charge in [0.05, 0.1) is 16.4 Å². The predicted octanol–water partition coefficient (Wildman–Crippen LogP) is 3.68. The quantitative estimate of drug-likeness (QED) is 0.507. The van der Waals surface area contributed by atoms with Crippen LogP contribution in [0.4, 0.5) is 0 Å². The fourth-order valence-electron chi connectivity index (χ4n) is 1.19. The molecule has 0 aliphatic rings. The summed E-state index contributed by atoms with van der Waals surface area (Å²) in [6, 6.07) is 0. The van der Waals surface area contributed by atoms with Gasteiger partial charge in [-0.25, -0.2) is 4.79 Å². The Morgan fingerprint density at radius 3 is 2.20 bits per heavy atom. The van der Waals surface area contributed by atoms with Crippen LogP contribution >= 0.6 is 23.5 Å². The molecule has 0 bridgehead atoms. The highest BCUT2D eigenvalue weighted by molar-refractivity contribution is 8.21. The standard InChI is InChI=1S/C11H20O2S2/c1-5-7-8-9(10(12)13-6-2)11(14-3)15-4/h5-8H2,1-4H3. The lowest BCUT2D eigenvalue weighted by Gasteiger charge is -2.10. The zero-order chi connectivity index (χ0) is 11.7. The van der Waals surface area contributed by atoms with Crippen molar-refractivity contribution < 1.29 is 9.53 Å². The van der Waals surface area contributed by atoms with Gasteiger partial charge in [0.15, 0.2) is 0 Å². The minimum absolute atomic E-state index is 0.148. The van der Waals surface area contributed by atoms with Crippen molar-refractivity contribution in [3.05, 3.63) is 9.81 Å². The summed E-state index contributed by atoms with van der Waals surface area (Å²) in [7, 11) is 0. The Morgan fingerprint density at radius 1 is 1.20 bits per heavy atom. The number of carbonyl (C=O) groups excluding carboxylic acids is 1. The molecule has 0 N–H and O–H groups in total. The molecule has 0 aromatic heterocycles. The maximum atomic E-state index is 11.7. The molecule has 0 saturated heterocycles. The second kappa shape index (κ2) is 9.16. The topological polar surface area (TPSA) is 26.3 Å². The fraction of sp³-hybridized carbons (Fsp3) is 0.727. The summed E-state index contributed by atoms with van der Waals surface area (Å²) in [5.41, 5.74) is 0.846. The molecule has 15 heavy (non-hydrogen) atoms. The third-order valence-corrected chi connectivity index (χ3v) is 4.15. The van der Waals surface area contributed by atoms with Gasteiger partial charge in [-0.1, -0.05) is 13.3 Å². The largest absolute Gasteiger partial charge is 0.463 e. The molecule has 0 spiro atoms. The summed E-state index contributed by atoms with van der Waals surface area (Å²) in [6.07, 6.45) is 6.96. The number of ether oxygens (including phenoxy) is 1. The Morgan fingerprint density at radius 2 is 1.80 bits per heavy atom. The minimum atomic E-state index is -0.148. The van der Waals surface area contributed by atoms with Crippen molar-refractivity contribution in [2.45, 2.75) is 33.1 Å². The van der Waals surface area contributed by atoms with E-state index < -0.39 is 0 Å². The minimum Gasteiger partial charge on any atom is -0.463 e. The Kier molecular flexibility index (Phi) is 9.10. The van der Waals surface area contributed by atoms with E-state index in [1.165, 1.54) is 0 Å². The van der Waals surface area contributed by atoms with E-state index in [2.05, 4.69) is 6.92 Å². The van der Waals surface area contributed by atoms with Gasteiger partial charge in [0.2, 0.25) is 0 Å². The molecule has 0 aliphatic heterocycles. The number of thioether (sulfide) groups is 2. The van der Waals surface area contributed by atoms with Crippen LogP contribution in [0.25, 0.3) is 0 Å². The van der Waals surface area contributed by atoms with Gasteiger partial charge in [-0.3, -0.25) is 0 Å². The molecule has 2 nitrogen and oxygen atoms in total. The Hall–Kier alpha value is -0.0900. The molecule has 0 atom stereocenters. The van der Waals surface area contributed by atoms with Crippen LogP contribution in [-0.2, 0) is 9.53 Å². The van der Waals surface area contributed by atoms with Crippen molar-refractivity contribution >= 4 is 29.5 Å². The number of rotatable bonds is 7. The molecule has 0 aliphatic carbocycles. The molecule has 0 unspecified atom stereocenters. The molecule has 0 saturated carbocycles. The van der Waals surface area contributed by atoms with E-state index in [-0.39, 0.29) is 5.97 Å². The van der Waals surface area contributed by atoms with E-state index in [1.54, 1.807) is 23.5 Å². The zero-order valence-corrected chi connectivity index (χ0v) is 11.6. The van der Waals surface area contributed by atoms with Gasteiger partial charge in [0.1, 0.15) is 0 Å². The number of unbranched alkanes of at least 4 members (excludes halogenated alkanes) is 1. The van der Waals surface area contributed by atoms with Crippen LogP contribution < -0.4 is 0 Å². The molecule has 0 aromatic rings. The highest BCUT2D eigenvalue weighted by Crippen LogP contribution is 2.30. The Labute approximate surface area is 101 Å². The van der Waals surface area contributed by atoms with Crippen molar-refractivity contribution in [3.63, 3.8) is 0 Å². The Bertz CT molecular complexity index is 219. The Balaban J connectivity index is 4.68. The van der Waals surface area contributed by atoms with Crippen LogP contribution in [0.3, 0.4) is 0 Å². The van der Waals surface area contributed by atoms with E-state index in [9.17, 15) is 4.79 Å². The average Bonchev–Trinajstić information content (AvgIpc) is 2.24. The number of hydrogen-bond acceptors (Lipinski definition) is 4. The van der Waals surface area contributed by atoms with Gasteiger partial charge in [0.25, 0.3) is 0 Å². The maximum absolute atomic E-state index is 11.7. The third-order valence-electron chi connectivity index (χ3n) is 1.92. The summed E-state index contributed by atoms with van der Waals surface area (Å²) >= 11 is 3.25. The zero-order valence-electron chi connectivity index (χ0n) is 9.96. The molecular formula is C11H20O2S2. The summed E-state index contributed by atoms with van der Waals surface area (Å²) in [5.74, 6) is -0.148. The molecule has 0 rings (SSSR count). The monoisotopic (exact) mass is 248 g/mol. The number of hydrogen-bond donors (Lipinski definition) is 0. The van der Waals surface area contributed by atoms with E-state index in [1.807, 2.05) is 19.4 Å². The molecule has 0 heterocycles. The predicted molar refractivity (Wildman–Crippen MR) is 70.2 cm³/mol. The van der Waals surface area contributed by atoms with Gasteiger partial charge in [-0.05, 0) is 32.3 Å². The van der Waals surface area contributed by atoms with Crippen molar-refractivity contribution in [2.24, 2.45) is 0 Å². The molecule has 0 aromatic carbocycles. The van der Waals surface area contributed by atoms with Crippen molar-refractivity contribution in [2.75, 3.05) is 19.1 Å². The summed E-state index contributed by atoms with van der Waals surface area (Å²) in [5, 5.41) is 0. The first kappa shape index (κ1) is 14.9. The van der Waals surface area contributed by atoms with Crippen molar-refractivity contribution in [1.29, 1.82) is 0 Å². The molecule has 0 radical (unpaired) electrons. The van der Waals surface area contributed by atoms with E-state index >= 15 is 0 Å². The molecule has 88 valence electrons. The summed E-state index contributed by atoms with van der Waals surface area (Å²) in [6.45, 7) is 4.41. The van der Waals surface area contributed by atoms with Crippen LogP contribution in [0.5, 0.6) is 0 Å². The fourth-order valence-corrected chi connectivity index (χ4v) is 2.72. The molecule has 0 amide bonds. The normalized spacial score (nSPS) is 9.87. The van der Waals surface area contributed by atoms with E-state index in [4.69, 9.17) is 4.74 Å². The molecule has 0 fully saturated rings. The first-order valence-corrected chi connectivity index (χ1v) is 7.64. The van der Waals surface area contributed by atoms with Gasteiger partial charge >= 0.3 is 5.97 Å². The number of carbonyl (C=O) groups is 1. The summed E-state index contributed by atoms with van der Waals surface area (Å²) in [4.78, 5) is 11.7. The molecule has 4 heteroatoms. The van der Waals surface area contributed by atoms with Crippen molar-refractivity contribution in [3.8, 4) is 0 Å². The van der Waals surface area contributed by atoms with Crippen molar-refractivity contribution in [1.82, 2.24) is 0 Å². The van der Waals surface area contributed by atoms with E-state index in [0.717, 1.165) is 29.1 Å². The SMILES string of the molecule is CCCCC(C(=O)OCC)=C(SC)SC. The maximum Gasteiger partial charge on any atom is 0.335 e. The number of esters is 1. The smallest absolute Gasteiger partial charge is 0.335 e. The lowest BCUT2D eigenvalue weighted by molar-refractivity contribution is -0.138. The van der Waals surface area contributed by atoms with Crippen LogP contribution in [0.1, 0.15) is 33.1 Å². The first-order chi connectivity index (χ1) is 7.21. The highest BCUT2D eigenvalue weighted by atomic mass is 32.2. The van der Waals surface area contributed by atoms with Crippen LogP contribution in [0.2, 0.25) is 0 Å². The highest BCUT2D eigenvalue weighted by Gasteiger charge is 2.15. The average molecular weight is 248 g/mol. The second-order valence-electron chi connectivity index (χ2n) is 3.00. The lowest BCUT2D eigenvalue weighted by Crippen LogP contribution is -2.09. The van der Waals surface area contributed by atoms with E-state index in [0.29, 0.717) is 6.61 Å². The van der Waals surface area contributed by atoms with Gasteiger partial charge in [0, 0.05) is 0 Å². The first-order valence-electron chi connectivity index (χ1n) is 5.19. The second-order valence-corrected chi connectivity index (χ2v) is 4.89. The third kappa shape index (κ3) is 5.52. The molecular weight excluding hydrogens is 228 g/mol. The van der Waals surface area contributed by atoms with Gasteiger partial charge < -0.3 is 4.74 Å².